The molecule has 2 heterocycles. The molecule has 0 saturated carbocycles. The van der Waals surface area contributed by atoms with Crippen molar-refractivity contribution in [1.82, 2.24) is 19.7 Å². The molecule has 0 saturated heterocycles. The Hall–Kier alpha value is -4.90. The van der Waals surface area contributed by atoms with Crippen molar-refractivity contribution in [3.8, 4) is 22.9 Å². The number of carboxylic acid groups (broad SMARTS) is 1. The fraction of sp³-hybridized carbons (Fsp3) is 0.154. The van der Waals surface area contributed by atoms with E-state index in [1.54, 1.807) is 50.6 Å². The Bertz CT molecular complexity index is 1620. The Morgan fingerprint density at radius 2 is 1.92 bits per heavy atom. The molecule has 11 heteroatoms. The standard InChI is InChI=1S/C26H24N6O5/c1-35-8-9-37-23-12-19-20(13-22(23)36-2)30-24(15-4-3-5-17(27)10-15)31-25(19)29-18-6-7-21-16(11-18)14-28-32(21)26(33)34/h3-7,10-14H,8-9,27H2,1-2H3,(H,33,34)(H,29,30,31). The number of fused-ring (bicyclic) bond motifs is 2. The molecule has 0 bridgehead atoms. The van der Waals surface area contributed by atoms with Crippen LogP contribution in [0.25, 0.3) is 33.2 Å². The van der Waals surface area contributed by atoms with Crippen LogP contribution in [0, 0.1) is 0 Å². The first-order chi connectivity index (χ1) is 18.0. The van der Waals surface area contributed by atoms with Gasteiger partial charge in [-0.1, -0.05) is 12.1 Å². The van der Waals surface area contributed by atoms with Gasteiger partial charge in [0.15, 0.2) is 17.3 Å². The molecule has 0 atom stereocenters. The molecule has 188 valence electrons. The number of nitrogens with zero attached hydrogens (tertiary/aromatic N) is 4. The molecule has 11 nitrogen and oxygen atoms in total. The lowest BCUT2D eigenvalue weighted by molar-refractivity contribution is 0.144. The first-order valence-electron chi connectivity index (χ1n) is 11.3. The van der Waals surface area contributed by atoms with Gasteiger partial charge in [0.2, 0.25) is 0 Å². The van der Waals surface area contributed by atoms with Gasteiger partial charge in [0.25, 0.3) is 0 Å². The molecule has 3 aromatic carbocycles. The zero-order valence-corrected chi connectivity index (χ0v) is 20.1. The van der Waals surface area contributed by atoms with E-state index in [9.17, 15) is 9.90 Å². The summed E-state index contributed by atoms with van der Waals surface area (Å²) in [6.07, 6.45) is 0.344. The van der Waals surface area contributed by atoms with Crippen molar-refractivity contribution in [3.63, 3.8) is 0 Å². The molecule has 2 aromatic heterocycles. The molecule has 0 aliphatic heterocycles. The zero-order valence-electron chi connectivity index (χ0n) is 20.1. The molecule has 0 aliphatic carbocycles. The van der Waals surface area contributed by atoms with Crippen molar-refractivity contribution >= 4 is 45.1 Å². The number of hydrogen-bond donors (Lipinski definition) is 3. The largest absolute Gasteiger partial charge is 0.493 e. The maximum absolute atomic E-state index is 11.4. The van der Waals surface area contributed by atoms with Gasteiger partial charge in [-0.15, -0.1) is 0 Å². The number of aromatic nitrogens is 4. The summed E-state index contributed by atoms with van der Waals surface area (Å²) in [4.78, 5) is 21.0. The van der Waals surface area contributed by atoms with E-state index >= 15 is 0 Å². The minimum atomic E-state index is -1.15. The lowest BCUT2D eigenvalue weighted by Gasteiger charge is -2.15. The number of carbonyl (C=O) groups is 1. The lowest BCUT2D eigenvalue weighted by atomic mass is 10.1. The highest BCUT2D eigenvalue weighted by molar-refractivity contribution is 5.96. The van der Waals surface area contributed by atoms with Gasteiger partial charge in [-0.25, -0.2) is 14.8 Å². The third-order valence-electron chi connectivity index (χ3n) is 5.68. The molecular weight excluding hydrogens is 476 g/mol. The second-order valence-corrected chi connectivity index (χ2v) is 8.12. The molecule has 0 amide bonds. The van der Waals surface area contributed by atoms with Crippen LogP contribution in [-0.2, 0) is 4.74 Å². The maximum Gasteiger partial charge on any atom is 0.432 e. The van der Waals surface area contributed by atoms with Crippen LogP contribution in [0.1, 0.15) is 0 Å². The fourth-order valence-electron chi connectivity index (χ4n) is 3.95. The molecule has 5 aromatic rings. The molecule has 0 fully saturated rings. The smallest absolute Gasteiger partial charge is 0.432 e. The minimum absolute atomic E-state index is 0.341. The van der Waals surface area contributed by atoms with Gasteiger partial charge in [0.1, 0.15) is 12.4 Å². The molecule has 0 unspecified atom stereocenters. The number of nitrogens with two attached hydrogens (primary N) is 1. The summed E-state index contributed by atoms with van der Waals surface area (Å²) in [5.41, 5.74) is 9.14. The Balaban J connectivity index is 1.64. The predicted molar refractivity (Wildman–Crippen MR) is 140 cm³/mol. The summed E-state index contributed by atoms with van der Waals surface area (Å²) in [5, 5.41) is 18.0. The van der Waals surface area contributed by atoms with E-state index < -0.39 is 6.09 Å². The first-order valence-corrected chi connectivity index (χ1v) is 11.3. The van der Waals surface area contributed by atoms with E-state index in [1.807, 2.05) is 18.2 Å². The number of rotatable bonds is 8. The SMILES string of the molecule is COCCOc1cc2c(Nc3ccc4c(cnn4C(=O)O)c3)nc(-c3cccc(N)c3)nc2cc1OC. The summed E-state index contributed by atoms with van der Waals surface area (Å²) in [7, 11) is 3.17. The number of anilines is 3. The van der Waals surface area contributed by atoms with Gasteiger partial charge >= 0.3 is 6.09 Å². The van der Waals surface area contributed by atoms with E-state index in [0.29, 0.717) is 69.5 Å². The Morgan fingerprint density at radius 3 is 2.68 bits per heavy atom. The number of ether oxygens (including phenoxy) is 3. The average Bonchev–Trinajstić information content (AvgIpc) is 3.32. The van der Waals surface area contributed by atoms with E-state index in [4.69, 9.17) is 29.9 Å². The van der Waals surface area contributed by atoms with Crippen molar-refractivity contribution in [1.29, 1.82) is 0 Å². The zero-order chi connectivity index (χ0) is 25.9. The summed E-state index contributed by atoms with van der Waals surface area (Å²) in [5.74, 6) is 2.03. The molecule has 0 radical (unpaired) electrons. The monoisotopic (exact) mass is 500 g/mol. The molecule has 5 rings (SSSR count). The van der Waals surface area contributed by atoms with Crippen LogP contribution in [0.5, 0.6) is 11.5 Å². The third kappa shape index (κ3) is 4.80. The molecule has 4 N–H and O–H groups in total. The lowest BCUT2D eigenvalue weighted by Crippen LogP contribution is -2.08. The van der Waals surface area contributed by atoms with Crippen LogP contribution in [-0.4, -0.2) is 58.4 Å². The first kappa shape index (κ1) is 23.8. The van der Waals surface area contributed by atoms with Gasteiger partial charge in [-0.3, -0.25) is 0 Å². The van der Waals surface area contributed by atoms with Gasteiger partial charge in [-0.05, 0) is 36.4 Å². The van der Waals surface area contributed by atoms with Crippen LogP contribution in [0.3, 0.4) is 0 Å². The normalized spacial score (nSPS) is 11.1. The Morgan fingerprint density at radius 1 is 1.05 bits per heavy atom. The van der Waals surface area contributed by atoms with Crippen molar-refractivity contribution in [2.24, 2.45) is 0 Å². The van der Waals surface area contributed by atoms with Crippen molar-refractivity contribution in [2.45, 2.75) is 0 Å². The number of hydrogen-bond acceptors (Lipinski definition) is 9. The molecule has 0 aliphatic rings. The van der Waals surface area contributed by atoms with E-state index in [0.717, 1.165) is 10.2 Å². The van der Waals surface area contributed by atoms with Crippen LogP contribution in [0.15, 0.2) is 60.8 Å². The average molecular weight is 501 g/mol. The summed E-state index contributed by atoms with van der Waals surface area (Å²) in [6, 6.07) is 16.2. The highest BCUT2D eigenvalue weighted by atomic mass is 16.5. The highest BCUT2D eigenvalue weighted by Gasteiger charge is 2.16. The van der Waals surface area contributed by atoms with Gasteiger partial charge in [0, 0.05) is 40.9 Å². The Labute approximate surface area is 211 Å². The minimum Gasteiger partial charge on any atom is -0.493 e. The summed E-state index contributed by atoms with van der Waals surface area (Å²) >= 11 is 0. The summed E-state index contributed by atoms with van der Waals surface area (Å²) < 4.78 is 17.5. The van der Waals surface area contributed by atoms with E-state index in [2.05, 4.69) is 10.4 Å². The number of nitrogens with one attached hydrogen (secondary N) is 1. The predicted octanol–water partition coefficient (Wildman–Crippen LogP) is 4.53. The van der Waals surface area contributed by atoms with Crippen molar-refractivity contribution in [3.05, 3.63) is 60.8 Å². The second-order valence-electron chi connectivity index (χ2n) is 8.12. The quantitative estimate of drug-likeness (QED) is 0.205. The molecule has 37 heavy (non-hydrogen) atoms. The third-order valence-corrected chi connectivity index (χ3v) is 5.68. The fourth-order valence-corrected chi connectivity index (χ4v) is 3.95. The summed E-state index contributed by atoms with van der Waals surface area (Å²) in [6.45, 7) is 0.759. The van der Waals surface area contributed by atoms with E-state index in [-0.39, 0.29) is 0 Å². The second kappa shape index (κ2) is 9.99. The topological polar surface area (TPSA) is 147 Å². The maximum atomic E-state index is 11.4. The van der Waals surface area contributed by atoms with Gasteiger partial charge in [0.05, 0.1) is 30.9 Å². The van der Waals surface area contributed by atoms with Gasteiger partial charge in [-0.2, -0.15) is 9.78 Å². The number of methoxy groups -OCH3 is 2. The van der Waals surface area contributed by atoms with Crippen LogP contribution >= 0.6 is 0 Å². The van der Waals surface area contributed by atoms with Gasteiger partial charge < -0.3 is 30.4 Å². The van der Waals surface area contributed by atoms with E-state index in [1.165, 1.54) is 6.20 Å². The van der Waals surface area contributed by atoms with Crippen molar-refractivity contribution < 1.29 is 24.1 Å². The van der Waals surface area contributed by atoms with Crippen LogP contribution < -0.4 is 20.5 Å². The highest BCUT2D eigenvalue weighted by Crippen LogP contribution is 2.37. The number of nitrogen functional groups attached to an aromatic ring is 1. The molecule has 0 spiro atoms. The van der Waals surface area contributed by atoms with Crippen LogP contribution in [0.2, 0.25) is 0 Å². The van der Waals surface area contributed by atoms with Crippen molar-refractivity contribution in [2.75, 3.05) is 38.5 Å². The Kier molecular flexibility index (Phi) is 6.43. The number of benzene rings is 3. The molecular formula is C26H24N6O5. The van der Waals surface area contributed by atoms with Crippen LogP contribution in [0.4, 0.5) is 22.0 Å².